The first-order chi connectivity index (χ1) is 5.52. The average Bonchev–Trinajstić information content (AvgIpc) is 1.99. The van der Waals surface area contributed by atoms with Gasteiger partial charge in [0.25, 0.3) is 5.69 Å². The molecule has 0 aromatic heterocycles. The van der Waals surface area contributed by atoms with E-state index >= 15 is 0 Å². The third kappa shape index (κ3) is 1.66. The molecular formula is C7H6INO3. The highest BCUT2D eigenvalue weighted by Crippen LogP contribution is 2.28. The van der Waals surface area contributed by atoms with Crippen molar-refractivity contribution in [1.29, 1.82) is 0 Å². The van der Waals surface area contributed by atoms with E-state index in [1.165, 1.54) is 12.1 Å². The van der Waals surface area contributed by atoms with Crippen molar-refractivity contribution in [3.63, 3.8) is 0 Å². The lowest BCUT2D eigenvalue weighted by Gasteiger charge is -2.00. The largest absolute Gasteiger partial charge is 0.507 e. The second-order valence-electron chi connectivity index (χ2n) is 2.35. The number of phenolic OH excluding ortho intramolecular Hbond substituents is 1. The van der Waals surface area contributed by atoms with Crippen molar-refractivity contribution < 1.29 is 10.0 Å². The summed E-state index contributed by atoms with van der Waals surface area (Å²) in [5, 5.41) is 19.6. The molecule has 1 N–H and O–H groups in total. The standard InChI is InChI=1S/C7H6INO3/c1-4-2-5(9(11)12)3-6(8)7(4)10/h2-3,10H,1H3. The molecule has 0 bridgehead atoms. The third-order valence-corrected chi connectivity index (χ3v) is 2.27. The number of halogens is 1. The van der Waals surface area contributed by atoms with Crippen molar-refractivity contribution >= 4 is 28.3 Å². The Labute approximate surface area is 82.5 Å². The first-order valence-corrected chi connectivity index (χ1v) is 4.23. The number of aromatic hydroxyl groups is 1. The van der Waals surface area contributed by atoms with Crippen LogP contribution in [0.2, 0.25) is 0 Å². The van der Waals surface area contributed by atoms with Crippen molar-refractivity contribution in [3.05, 3.63) is 31.4 Å². The van der Waals surface area contributed by atoms with Crippen LogP contribution < -0.4 is 0 Å². The lowest BCUT2D eigenvalue weighted by molar-refractivity contribution is -0.385. The fraction of sp³-hybridized carbons (Fsp3) is 0.143. The normalized spacial score (nSPS) is 9.83. The molecule has 4 nitrogen and oxygen atoms in total. The maximum atomic E-state index is 10.3. The van der Waals surface area contributed by atoms with Gasteiger partial charge >= 0.3 is 0 Å². The number of benzene rings is 1. The molecule has 1 rings (SSSR count). The molecule has 0 fully saturated rings. The Balaban J connectivity index is 3.31. The van der Waals surface area contributed by atoms with Gasteiger partial charge in [-0.3, -0.25) is 10.1 Å². The molecule has 0 saturated carbocycles. The Kier molecular flexibility index (Phi) is 2.51. The molecule has 64 valence electrons. The maximum absolute atomic E-state index is 10.3. The average molecular weight is 279 g/mol. The molecule has 0 atom stereocenters. The van der Waals surface area contributed by atoms with E-state index in [4.69, 9.17) is 0 Å². The van der Waals surface area contributed by atoms with E-state index in [1.807, 2.05) is 22.6 Å². The first kappa shape index (κ1) is 9.24. The van der Waals surface area contributed by atoms with Gasteiger partial charge in [-0.1, -0.05) is 0 Å². The summed E-state index contributed by atoms with van der Waals surface area (Å²) in [4.78, 5) is 9.86. The zero-order valence-corrected chi connectivity index (χ0v) is 8.40. The Bertz CT molecular complexity index is 314. The monoisotopic (exact) mass is 279 g/mol. The SMILES string of the molecule is Cc1cc([N+](=O)[O-])cc(I)c1O. The number of hydrogen-bond acceptors (Lipinski definition) is 3. The molecule has 1 aromatic rings. The Morgan fingerprint density at radius 1 is 1.58 bits per heavy atom. The van der Waals surface area contributed by atoms with Crippen LogP contribution in [0.25, 0.3) is 0 Å². The smallest absolute Gasteiger partial charge is 0.271 e. The van der Waals surface area contributed by atoms with Gasteiger partial charge in [0.05, 0.1) is 8.49 Å². The van der Waals surface area contributed by atoms with Crippen molar-refractivity contribution in [1.82, 2.24) is 0 Å². The van der Waals surface area contributed by atoms with E-state index in [0.717, 1.165) is 0 Å². The fourth-order valence-electron chi connectivity index (χ4n) is 0.824. The number of phenols is 1. The number of hydrogen-bond donors (Lipinski definition) is 1. The minimum Gasteiger partial charge on any atom is -0.507 e. The van der Waals surface area contributed by atoms with Gasteiger partial charge in [0.2, 0.25) is 0 Å². The van der Waals surface area contributed by atoms with E-state index in [9.17, 15) is 15.2 Å². The predicted octanol–water partition coefficient (Wildman–Crippen LogP) is 2.21. The summed E-state index contributed by atoms with van der Waals surface area (Å²) < 4.78 is 0.499. The first-order valence-electron chi connectivity index (χ1n) is 3.16. The second-order valence-corrected chi connectivity index (χ2v) is 3.51. The van der Waals surface area contributed by atoms with E-state index in [2.05, 4.69) is 0 Å². The third-order valence-electron chi connectivity index (χ3n) is 1.45. The van der Waals surface area contributed by atoms with E-state index in [1.54, 1.807) is 6.92 Å². The maximum Gasteiger partial charge on any atom is 0.271 e. The number of aryl methyl sites for hydroxylation is 1. The highest BCUT2D eigenvalue weighted by Gasteiger charge is 2.11. The predicted molar refractivity (Wildman–Crippen MR) is 52.2 cm³/mol. The van der Waals surface area contributed by atoms with E-state index in [0.29, 0.717) is 9.13 Å². The summed E-state index contributed by atoms with van der Waals surface area (Å²) in [6.07, 6.45) is 0. The van der Waals surface area contributed by atoms with E-state index in [-0.39, 0.29) is 11.4 Å². The summed E-state index contributed by atoms with van der Waals surface area (Å²) in [5.74, 6) is 0.112. The molecule has 0 aliphatic carbocycles. The van der Waals surface area contributed by atoms with Crippen molar-refractivity contribution in [2.45, 2.75) is 6.92 Å². The van der Waals surface area contributed by atoms with Gasteiger partial charge in [-0.15, -0.1) is 0 Å². The molecule has 0 unspecified atom stereocenters. The molecule has 0 aliphatic rings. The Morgan fingerprint density at radius 3 is 2.58 bits per heavy atom. The Hall–Kier alpha value is -0.850. The number of nitrogens with zero attached hydrogens (tertiary/aromatic N) is 1. The van der Waals surface area contributed by atoms with Gasteiger partial charge in [-0.2, -0.15) is 0 Å². The molecule has 0 spiro atoms. The van der Waals surface area contributed by atoms with Gasteiger partial charge in [0.1, 0.15) is 5.75 Å². The molecule has 5 heteroatoms. The fourth-order valence-corrected chi connectivity index (χ4v) is 1.57. The summed E-state index contributed by atoms with van der Waals surface area (Å²) in [6, 6.07) is 2.68. The zero-order valence-electron chi connectivity index (χ0n) is 6.24. The van der Waals surface area contributed by atoms with Crippen LogP contribution in [0.15, 0.2) is 12.1 Å². The van der Waals surface area contributed by atoms with Crippen LogP contribution >= 0.6 is 22.6 Å². The Morgan fingerprint density at radius 2 is 2.17 bits per heavy atom. The van der Waals surface area contributed by atoms with E-state index < -0.39 is 4.92 Å². The molecule has 1 aromatic carbocycles. The number of rotatable bonds is 1. The van der Waals surface area contributed by atoms with Gasteiger partial charge in [0, 0.05) is 12.1 Å². The van der Waals surface area contributed by atoms with Crippen molar-refractivity contribution in [2.24, 2.45) is 0 Å². The summed E-state index contributed by atoms with van der Waals surface area (Å²) >= 11 is 1.85. The quantitative estimate of drug-likeness (QED) is 0.487. The van der Waals surface area contributed by atoms with Crippen molar-refractivity contribution in [3.8, 4) is 5.75 Å². The zero-order chi connectivity index (χ0) is 9.30. The molecule has 0 radical (unpaired) electrons. The molecule has 0 aliphatic heterocycles. The van der Waals surface area contributed by atoms with Gasteiger partial charge < -0.3 is 5.11 Å². The van der Waals surface area contributed by atoms with Crippen LogP contribution in [0.5, 0.6) is 5.75 Å². The van der Waals surface area contributed by atoms with Crippen LogP contribution in [-0.2, 0) is 0 Å². The van der Waals surface area contributed by atoms with Crippen molar-refractivity contribution in [2.75, 3.05) is 0 Å². The second kappa shape index (κ2) is 3.26. The summed E-state index contributed by atoms with van der Waals surface area (Å²) in [5.41, 5.74) is 0.531. The van der Waals surface area contributed by atoms with Crippen LogP contribution in [0.3, 0.4) is 0 Å². The van der Waals surface area contributed by atoms with Gasteiger partial charge in [-0.05, 0) is 35.1 Å². The summed E-state index contributed by atoms with van der Waals surface area (Å²) in [6.45, 7) is 1.63. The van der Waals surface area contributed by atoms with Crippen LogP contribution in [-0.4, -0.2) is 10.0 Å². The van der Waals surface area contributed by atoms with Crippen LogP contribution in [0.4, 0.5) is 5.69 Å². The lowest BCUT2D eigenvalue weighted by atomic mass is 10.2. The highest BCUT2D eigenvalue weighted by atomic mass is 127. The molecule has 0 heterocycles. The molecular weight excluding hydrogens is 273 g/mol. The minimum absolute atomic E-state index is 0.00898. The molecule has 0 saturated heterocycles. The number of nitro benzene ring substituents is 1. The van der Waals surface area contributed by atoms with Gasteiger partial charge in [0.15, 0.2) is 0 Å². The number of nitro groups is 1. The minimum atomic E-state index is -0.478. The lowest BCUT2D eigenvalue weighted by Crippen LogP contribution is -1.90. The highest BCUT2D eigenvalue weighted by molar-refractivity contribution is 14.1. The van der Waals surface area contributed by atoms with Gasteiger partial charge in [-0.25, -0.2) is 0 Å². The topological polar surface area (TPSA) is 63.4 Å². The number of non-ortho nitro benzene ring substituents is 1. The van der Waals surface area contributed by atoms with Crippen LogP contribution in [0, 0.1) is 20.6 Å². The van der Waals surface area contributed by atoms with Crippen LogP contribution in [0.1, 0.15) is 5.56 Å². The molecule has 12 heavy (non-hydrogen) atoms. The molecule has 0 amide bonds. The summed E-state index contributed by atoms with van der Waals surface area (Å²) in [7, 11) is 0.